The van der Waals surface area contributed by atoms with E-state index in [0.717, 1.165) is 18.3 Å². The van der Waals surface area contributed by atoms with Crippen molar-refractivity contribution < 1.29 is 17.9 Å². The highest BCUT2D eigenvalue weighted by molar-refractivity contribution is 5.67. The quantitative estimate of drug-likeness (QED) is 0.943. The molecule has 3 rings (SSSR count). The first-order valence-corrected chi connectivity index (χ1v) is 7.01. The number of halogens is 3. The molecule has 2 aromatic heterocycles. The summed E-state index contributed by atoms with van der Waals surface area (Å²) in [7, 11) is 1.12. The number of aryl methyl sites for hydroxylation is 1. The van der Waals surface area contributed by atoms with Gasteiger partial charge in [-0.1, -0.05) is 0 Å². The summed E-state index contributed by atoms with van der Waals surface area (Å²) in [6.07, 6.45) is -1.03. The standard InChI is InChI=1S/C14H17F3N4O/c1-9-5-11-12(18-3-4-21(11)20-9)19-8-10-6-13(7-10,22-2)14(15,16)17/h3-5,10H,6-8H2,1-2H3,(H,18,19). The van der Waals surface area contributed by atoms with Crippen LogP contribution in [0.5, 0.6) is 0 Å². The zero-order valence-electron chi connectivity index (χ0n) is 12.3. The number of anilines is 1. The lowest BCUT2D eigenvalue weighted by atomic mass is 9.70. The molecule has 1 aliphatic carbocycles. The lowest BCUT2D eigenvalue weighted by molar-refractivity contribution is -0.307. The summed E-state index contributed by atoms with van der Waals surface area (Å²) in [6.45, 7) is 2.30. The van der Waals surface area contributed by atoms with Gasteiger partial charge in [0.2, 0.25) is 0 Å². The van der Waals surface area contributed by atoms with E-state index >= 15 is 0 Å². The lowest BCUT2D eigenvalue weighted by Crippen LogP contribution is -2.57. The molecule has 8 heteroatoms. The van der Waals surface area contributed by atoms with Gasteiger partial charge in [-0.2, -0.15) is 18.3 Å². The fourth-order valence-electron chi connectivity index (χ4n) is 2.95. The van der Waals surface area contributed by atoms with Crippen LogP contribution in [0, 0.1) is 12.8 Å². The van der Waals surface area contributed by atoms with Gasteiger partial charge in [-0.15, -0.1) is 0 Å². The molecule has 2 aromatic rings. The Labute approximate surface area is 125 Å². The zero-order valence-corrected chi connectivity index (χ0v) is 12.3. The fraction of sp³-hybridized carbons (Fsp3) is 0.571. The van der Waals surface area contributed by atoms with Gasteiger partial charge in [0.15, 0.2) is 11.4 Å². The van der Waals surface area contributed by atoms with Gasteiger partial charge in [-0.25, -0.2) is 9.50 Å². The minimum absolute atomic E-state index is 0.0264. The van der Waals surface area contributed by atoms with Crippen molar-refractivity contribution in [3.63, 3.8) is 0 Å². The SMILES string of the molecule is COC1(C(F)(F)F)CC(CNc2nccn3nc(C)cc23)C1. The fourth-order valence-corrected chi connectivity index (χ4v) is 2.95. The number of fused-ring (bicyclic) bond motifs is 1. The first kappa shape index (κ1) is 15.1. The van der Waals surface area contributed by atoms with E-state index in [1.165, 1.54) is 0 Å². The highest BCUT2D eigenvalue weighted by atomic mass is 19.4. The Hall–Kier alpha value is -1.83. The summed E-state index contributed by atoms with van der Waals surface area (Å²) in [5.74, 6) is 0.540. The summed E-state index contributed by atoms with van der Waals surface area (Å²) < 4.78 is 45.2. The van der Waals surface area contributed by atoms with E-state index in [4.69, 9.17) is 4.74 Å². The van der Waals surface area contributed by atoms with E-state index in [0.29, 0.717) is 12.4 Å². The highest BCUT2D eigenvalue weighted by Crippen LogP contribution is 2.50. The Bertz CT molecular complexity index is 676. The first-order valence-electron chi connectivity index (χ1n) is 7.01. The van der Waals surface area contributed by atoms with Crippen molar-refractivity contribution in [3.05, 3.63) is 24.2 Å². The molecule has 0 aliphatic heterocycles. The number of alkyl halides is 3. The van der Waals surface area contributed by atoms with Crippen LogP contribution in [0.3, 0.4) is 0 Å². The molecule has 1 saturated carbocycles. The van der Waals surface area contributed by atoms with E-state index in [-0.39, 0.29) is 18.8 Å². The molecule has 5 nitrogen and oxygen atoms in total. The van der Waals surface area contributed by atoms with Gasteiger partial charge >= 0.3 is 6.18 Å². The highest BCUT2D eigenvalue weighted by Gasteiger charge is 2.62. The number of ether oxygens (including phenoxy) is 1. The largest absolute Gasteiger partial charge is 0.417 e. The van der Waals surface area contributed by atoms with E-state index in [9.17, 15) is 13.2 Å². The van der Waals surface area contributed by atoms with Gasteiger partial charge in [0, 0.05) is 26.0 Å². The van der Waals surface area contributed by atoms with Crippen LogP contribution in [0.4, 0.5) is 19.0 Å². The molecule has 1 N–H and O–H groups in total. The van der Waals surface area contributed by atoms with Crippen molar-refractivity contribution >= 4 is 11.3 Å². The number of nitrogens with one attached hydrogen (secondary N) is 1. The van der Waals surface area contributed by atoms with Gasteiger partial charge in [0.25, 0.3) is 0 Å². The molecule has 0 unspecified atom stereocenters. The second kappa shape index (κ2) is 5.12. The summed E-state index contributed by atoms with van der Waals surface area (Å²) in [5, 5.41) is 7.39. The van der Waals surface area contributed by atoms with Gasteiger partial charge in [0.05, 0.1) is 5.69 Å². The zero-order chi connectivity index (χ0) is 16.0. The van der Waals surface area contributed by atoms with Crippen LogP contribution in [-0.4, -0.2) is 40.0 Å². The first-order chi connectivity index (χ1) is 10.3. The molecule has 0 bridgehead atoms. The minimum Gasteiger partial charge on any atom is -0.369 e. The Kier molecular flexibility index (Phi) is 3.51. The molecule has 0 radical (unpaired) electrons. The van der Waals surface area contributed by atoms with Crippen molar-refractivity contribution in [2.75, 3.05) is 19.0 Å². The average Bonchev–Trinajstić information content (AvgIpc) is 2.77. The third-order valence-corrected chi connectivity index (χ3v) is 4.21. The summed E-state index contributed by atoms with van der Waals surface area (Å²) in [4.78, 5) is 4.23. The van der Waals surface area contributed by atoms with Crippen molar-refractivity contribution in [1.82, 2.24) is 14.6 Å². The van der Waals surface area contributed by atoms with Gasteiger partial charge in [-0.3, -0.25) is 0 Å². The van der Waals surface area contributed by atoms with Crippen LogP contribution < -0.4 is 5.32 Å². The Morgan fingerprint density at radius 3 is 2.82 bits per heavy atom. The summed E-state index contributed by atoms with van der Waals surface area (Å²) in [6, 6.07) is 1.88. The topological polar surface area (TPSA) is 51.5 Å². The minimum atomic E-state index is -4.32. The number of aromatic nitrogens is 3. The Morgan fingerprint density at radius 1 is 1.45 bits per heavy atom. The van der Waals surface area contributed by atoms with Crippen molar-refractivity contribution in [3.8, 4) is 0 Å². The number of hydrogen-bond acceptors (Lipinski definition) is 4. The number of methoxy groups -OCH3 is 1. The van der Waals surface area contributed by atoms with Crippen LogP contribution in [-0.2, 0) is 4.74 Å². The molecule has 0 saturated heterocycles. The van der Waals surface area contributed by atoms with Crippen LogP contribution in [0.1, 0.15) is 18.5 Å². The van der Waals surface area contributed by atoms with Crippen molar-refractivity contribution in [2.24, 2.45) is 5.92 Å². The maximum absolute atomic E-state index is 12.9. The number of hydrogen-bond donors (Lipinski definition) is 1. The van der Waals surface area contributed by atoms with Gasteiger partial charge < -0.3 is 10.1 Å². The molecular formula is C14H17F3N4O. The summed E-state index contributed by atoms with van der Waals surface area (Å²) >= 11 is 0. The van der Waals surface area contributed by atoms with Gasteiger partial charge in [0.1, 0.15) is 5.52 Å². The number of nitrogens with zero attached hydrogens (tertiary/aromatic N) is 3. The lowest BCUT2D eigenvalue weighted by Gasteiger charge is -2.47. The monoisotopic (exact) mass is 314 g/mol. The van der Waals surface area contributed by atoms with Crippen LogP contribution in [0.25, 0.3) is 5.52 Å². The molecule has 0 atom stereocenters. The van der Waals surface area contributed by atoms with Crippen molar-refractivity contribution in [2.45, 2.75) is 31.5 Å². The van der Waals surface area contributed by atoms with E-state index < -0.39 is 11.8 Å². The molecular weight excluding hydrogens is 297 g/mol. The van der Waals surface area contributed by atoms with E-state index in [1.807, 2.05) is 13.0 Å². The Balaban J connectivity index is 1.65. The molecule has 1 aliphatic rings. The average molecular weight is 314 g/mol. The summed E-state index contributed by atoms with van der Waals surface area (Å²) in [5.41, 5.74) is -0.310. The molecule has 22 heavy (non-hydrogen) atoms. The predicted molar refractivity (Wildman–Crippen MR) is 74.7 cm³/mol. The maximum Gasteiger partial charge on any atom is 0.417 e. The maximum atomic E-state index is 12.9. The van der Waals surface area contributed by atoms with Crippen LogP contribution in [0.2, 0.25) is 0 Å². The van der Waals surface area contributed by atoms with Crippen LogP contribution in [0.15, 0.2) is 18.5 Å². The van der Waals surface area contributed by atoms with Crippen LogP contribution >= 0.6 is 0 Å². The molecule has 0 amide bonds. The van der Waals surface area contributed by atoms with Gasteiger partial charge in [-0.05, 0) is 31.7 Å². The molecule has 0 aromatic carbocycles. The smallest absolute Gasteiger partial charge is 0.369 e. The normalized spacial score (nSPS) is 25.2. The van der Waals surface area contributed by atoms with Crippen molar-refractivity contribution in [1.29, 1.82) is 0 Å². The Morgan fingerprint density at radius 2 is 2.18 bits per heavy atom. The molecule has 1 fully saturated rings. The van der Waals surface area contributed by atoms with E-state index in [1.54, 1.807) is 16.9 Å². The van der Waals surface area contributed by atoms with E-state index in [2.05, 4.69) is 15.4 Å². The second-order valence-corrected chi connectivity index (χ2v) is 5.74. The molecule has 2 heterocycles. The second-order valence-electron chi connectivity index (χ2n) is 5.74. The molecule has 120 valence electrons. The predicted octanol–water partition coefficient (Wildman–Crippen LogP) is 2.81. The third kappa shape index (κ3) is 2.41. The molecule has 0 spiro atoms. The number of rotatable bonds is 4. The third-order valence-electron chi connectivity index (χ3n) is 4.21.